The molecule has 5 rings (SSSR count). The lowest BCUT2D eigenvalue weighted by atomic mass is 9.79. The summed E-state index contributed by atoms with van der Waals surface area (Å²) in [6, 6.07) is 13.3. The van der Waals surface area contributed by atoms with Crippen molar-refractivity contribution >= 4 is 35.6 Å². The Labute approximate surface area is 234 Å². The van der Waals surface area contributed by atoms with Gasteiger partial charge in [-0.1, -0.05) is 62.4 Å². The van der Waals surface area contributed by atoms with Crippen LogP contribution in [0.1, 0.15) is 56.2 Å². The van der Waals surface area contributed by atoms with Gasteiger partial charge in [-0.05, 0) is 60.4 Å². The van der Waals surface area contributed by atoms with Gasteiger partial charge in [-0.25, -0.2) is 4.79 Å². The minimum atomic E-state index is -1.10. The Bertz CT molecular complexity index is 1340. The van der Waals surface area contributed by atoms with Crippen LogP contribution < -0.4 is 11.1 Å². The van der Waals surface area contributed by atoms with E-state index in [1.807, 2.05) is 74.5 Å². The molecule has 1 fully saturated rings. The third-order valence-electron chi connectivity index (χ3n) is 8.09. The lowest BCUT2D eigenvalue weighted by Gasteiger charge is -2.35. The topological polar surface area (TPSA) is 122 Å². The van der Waals surface area contributed by atoms with Gasteiger partial charge in [0, 0.05) is 18.8 Å². The van der Waals surface area contributed by atoms with Gasteiger partial charge in [-0.3, -0.25) is 19.3 Å². The number of nitrogens with one attached hydrogen (secondary N) is 1. The van der Waals surface area contributed by atoms with Crippen molar-refractivity contribution in [2.75, 3.05) is 18.4 Å². The van der Waals surface area contributed by atoms with Gasteiger partial charge in [0.15, 0.2) is 0 Å². The second kappa shape index (κ2) is 11.2. The lowest BCUT2D eigenvalue weighted by Crippen LogP contribution is -2.55. The number of anilines is 1. The van der Waals surface area contributed by atoms with Gasteiger partial charge in [-0.2, -0.15) is 0 Å². The quantitative estimate of drug-likeness (QED) is 0.593. The molecule has 3 aliphatic heterocycles. The summed E-state index contributed by atoms with van der Waals surface area (Å²) in [5, 5.41) is 2.94. The number of carbonyl (C=O) groups excluding carboxylic acids is 4. The number of primary amides is 1. The van der Waals surface area contributed by atoms with Crippen LogP contribution >= 0.6 is 0 Å². The highest BCUT2D eigenvalue weighted by atomic mass is 16.6. The van der Waals surface area contributed by atoms with E-state index in [4.69, 9.17) is 10.5 Å². The van der Waals surface area contributed by atoms with Crippen LogP contribution in [-0.4, -0.2) is 58.8 Å². The van der Waals surface area contributed by atoms with Gasteiger partial charge in [0.1, 0.15) is 18.7 Å². The Balaban J connectivity index is 1.54. The summed E-state index contributed by atoms with van der Waals surface area (Å²) in [5.74, 6) is -1.25. The third-order valence-corrected chi connectivity index (χ3v) is 8.09. The molecule has 3 aliphatic rings. The molecule has 4 bridgehead atoms. The minimum Gasteiger partial charge on any atom is -0.445 e. The van der Waals surface area contributed by atoms with Crippen LogP contribution in [0, 0.1) is 5.92 Å². The van der Waals surface area contributed by atoms with Gasteiger partial charge in [0.25, 0.3) is 0 Å². The van der Waals surface area contributed by atoms with Crippen LogP contribution in [0.3, 0.4) is 0 Å². The molecule has 0 saturated carbocycles. The van der Waals surface area contributed by atoms with Crippen LogP contribution in [0.2, 0.25) is 0 Å². The normalized spacial score (nSPS) is 25.0. The Morgan fingerprint density at radius 1 is 1.15 bits per heavy atom. The number of allylic oxidation sites excluding steroid dienone is 1. The molecule has 3 atom stereocenters. The van der Waals surface area contributed by atoms with Crippen LogP contribution in [-0.2, 0) is 31.1 Å². The summed E-state index contributed by atoms with van der Waals surface area (Å²) in [6.07, 6.45) is 5.20. The fraction of sp³-hybridized carbons (Fsp3) is 0.419. The summed E-state index contributed by atoms with van der Waals surface area (Å²) in [4.78, 5) is 57.0. The van der Waals surface area contributed by atoms with E-state index in [-0.39, 0.29) is 31.4 Å². The molecule has 3 N–H and O–H groups in total. The molecule has 0 radical (unpaired) electrons. The SMILES string of the molecule is CC(C)C[C@H]1C(=O)N2C[C@]3(C[C@H]2C(N)=O)C(=O)Nc2ccc(cc23)/C=C\CCCN1C(=O)OCc1ccccc1. The molecular formula is C31H36N4O5. The van der Waals surface area contributed by atoms with Gasteiger partial charge in [0.2, 0.25) is 17.7 Å². The number of rotatable bonds is 5. The van der Waals surface area contributed by atoms with Gasteiger partial charge in [-0.15, -0.1) is 0 Å². The van der Waals surface area contributed by atoms with E-state index in [1.54, 1.807) is 0 Å². The van der Waals surface area contributed by atoms with Crippen molar-refractivity contribution in [3.63, 3.8) is 0 Å². The van der Waals surface area contributed by atoms with Crippen molar-refractivity contribution < 1.29 is 23.9 Å². The molecule has 0 aliphatic carbocycles. The maximum absolute atomic E-state index is 14.3. The number of nitrogens with two attached hydrogens (primary N) is 1. The molecule has 9 nitrogen and oxygen atoms in total. The number of fused-ring (bicyclic) bond motifs is 2. The molecule has 4 amide bonds. The first-order valence-electron chi connectivity index (χ1n) is 13.9. The van der Waals surface area contributed by atoms with Crippen molar-refractivity contribution in [1.82, 2.24) is 9.80 Å². The average molecular weight is 545 g/mol. The molecule has 2 aromatic rings. The van der Waals surface area contributed by atoms with E-state index in [1.165, 1.54) is 9.80 Å². The van der Waals surface area contributed by atoms with Crippen molar-refractivity contribution in [2.24, 2.45) is 11.7 Å². The first-order valence-corrected chi connectivity index (χ1v) is 13.9. The molecule has 1 saturated heterocycles. The number of benzene rings is 2. The van der Waals surface area contributed by atoms with Gasteiger partial charge < -0.3 is 20.7 Å². The van der Waals surface area contributed by atoms with E-state index < -0.39 is 35.4 Å². The summed E-state index contributed by atoms with van der Waals surface area (Å²) >= 11 is 0. The summed E-state index contributed by atoms with van der Waals surface area (Å²) < 4.78 is 5.69. The zero-order valence-electron chi connectivity index (χ0n) is 23.0. The van der Waals surface area contributed by atoms with E-state index in [0.29, 0.717) is 31.5 Å². The zero-order chi connectivity index (χ0) is 28.4. The zero-order valence-corrected chi connectivity index (χ0v) is 23.0. The first-order chi connectivity index (χ1) is 19.2. The van der Waals surface area contributed by atoms with Crippen molar-refractivity contribution in [3.8, 4) is 0 Å². The van der Waals surface area contributed by atoms with Crippen LogP contribution in [0.5, 0.6) is 0 Å². The number of carbonyl (C=O) groups is 4. The number of ether oxygens (including phenoxy) is 1. The third kappa shape index (κ3) is 5.20. The monoisotopic (exact) mass is 544 g/mol. The predicted octanol–water partition coefficient (Wildman–Crippen LogP) is 3.82. The standard InChI is InChI=1S/C31H36N4O5/c1-20(2)15-25-28(37)35-19-31(17-26(35)27(32)36)23-16-21(12-13-24(23)33-29(31)38)9-7-4-8-14-34(25)30(39)40-18-22-10-5-3-6-11-22/h3,5-7,9-13,16,20,25-26H,4,8,14-15,17-19H2,1-2H3,(H2,32,36)(H,33,38)/b9-7-/t25-,26-,31-/m0/s1. The molecule has 9 heteroatoms. The molecule has 2 aromatic carbocycles. The number of hydrogen-bond acceptors (Lipinski definition) is 5. The van der Waals surface area contributed by atoms with Gasteiger partial charge >= 0.3 is 6.09 Å². The highest BCUT2D eigenvalue weighted by molar-refractivity contribution is 6.08. The number of nitrogens with zero attached hydrogens (tertiary/aromatic N) is 2. The van der Waals surface area contributed by atoms with Gasteiger partial charge in [0.05, 0.1) is 5.41 Å². The summed E-state index contributed by atoms with van der Waals surface area (Å²) in [6.45, 7) is 4.34. The van der Waals surface area contributed by atoms with Crippen molar-refractivity contribution in [3.05, 3.63) is 71.3 Å². The molecule has 0 aromatic heterocycles. The molecule has 210 valence electrons. The van der Waals surface area contributed by atoms with E-state index in [9.17, 15) is 19.2 Å². The summed E-state index contributed by atoms with van der Waals surface area (Å²) in [5.41, 5.74) is 7.94. The van der Waals surface area contributed by atoms with E-state index in [0.717, 1.165) is 16.7 Å². The molecular weight excluding hydrogens is 508 g/mol. The number of amides is 4. The Morgan fingerprint density at radius 3 is 2.65 bits per heavy atom. The minimum absolute atomic E-state index is 0.00688. The Hall–Kier alpha value is -4.14. The number of hydrogen-bond donors (Lipinski definition) is 2. The average Bonchev–Trinajstić information content (AvgIpc) is 3.47. The fourth-order valence-electron chi connectivity index (χ4n) is 6.06. The smallest absolute Gasteiger partial charge is 0.410 e. The predicted molar refractivity (Wildman–Crippen MR) is 151 cm³/mol. The molecule has 1 spiro atoms. The van der Waals surface area contributed by atoms with Crippen molar-refractivity contribution in [2.45, 2.75) is 63.6 Å². The van der Waals surface area contributed by atoms with Crippen molar-refractivity contribution in [1.29, 1.82) is 0 Å². The maximum atomic E-state index is 14.3. The second-order valence-corrected chi connectivity index (χ2v) is 11.4. The molecule has 40 heavy (non-hydrogen) atoms. The second-order valence-electron chi connectivity index (χ2n) is 11.4. The Kier molecular flexibility index (Phi) is 7.65. The summed E-state index contributed by atoms with van der Waals surface area (Å²) in [7, 11) is 0. The molecule has 3 heterocycles. The molecule has 0 unspecified atom stereocenters. The highest BCUT2D eigenvalue weighted by Crippen LogP contribution is 2.47. The maximum Gasteiger partial charge on any atom is 0.410 e. The highest BCUT2D eigenvalue weighted by Gasteiger charge is 2.58. The first kappa shape index (κ1) is 27.4. The lowest BCUT2D eigenvalue weighted by molar-refractivity contribution is -0.142. The fourth-order valence-corrected chi connectivity index (χ4v) is 6.06. The Morgan fingerprint density at radius 2 is 1.93 bits per heavy atom. The van der Waals surface area contributed by atoms with E-state index >= 15 is 0 Å². The van der Waals surface area contributed by atoms with E-state index in [2.05, 4.69) is 5.32 Å². The van der Waals surface area contributed by atoms with Crippen LogP contribution in [0.15, 0.2) is 54.6 Å². The van der Waals surface area contributed by atoms with Crippen LogP contribution in [0.25, 0.3) is 6.08 Å². The largest absolute Gasteiger partial charge is 0.445 e. The van der Waals surface area contributed by atoms with Crippen LogP contribution in [0.4, 0.5) is 10.5 Å².